The van der Waals surface area contributed by atoms with Crippen molar-refractivity contribution in [3.05, 3.63) is 60.2 Å². The molecule has 2 unspecified atom stereocenters. The summed E-state index contributed by atoms with van der Waals surface area (Å²) in [6.45, 7) is 2.95. The predicted molar refractivity (Wildman–Crippen MR) is 90.4 cm³/mol. The number of hydrogen-bond acceptors (Lipinski definition) is 2. The molecule has 0 radical (unpaired) electrons. The molecule has 0 aliphatic heterocycles. The van der Waals surface area contributed by atoms with E-state index >= 15 is 0 Å². The van der Waals surface area contributed by atoms with Crippen molar-refractivity contribution < 1.29 is 9.47 Å². The van der Waals surface area contributed by atoms with E-state index in [2.05, 4.69) is 47.1 Å². The van der Waals surface area contributed by atoms with E-state index in [-0.39, 0.29) is 0 Å². The van der Waals surface area contributed by atoms with Crippen LogP contribution in [0.3, 0.4) is 0 Å². The highest BCUT2D eigenvalue weighted by atomic mass is 79.9. The summed E-state index contributed by atoms with van der Waals surface area (Å²) in [5.74, 6) is 2.24. The summed E-state index contributed by atoms with van der Waals surface area (Å²) in [7, 11) is 1.66. The van der Waals surface area contributed by atoms with Crippen molar-refractivity contribution in [2.24, 2.45) is 5.92 Å². The van der Waals surface area contributed by atoms with Crippen LogP contribution in [-0.2, 0) is 0 Å². The second-order valence-electron chi connectivity index (χ2n) is 5.10. The average molecular weight is 349 g/mol. The van der Waals surface area contributed by atoms with Crippen LogP contribution in [0.25, 0.3) is 0 Å². The van der Waals surface area contributed by atoms with Crippen LogP contribution in [0.2, 0.25) is 0 Å². The Morgan fingerprint density at radius 1 is 0.952 bits per heavy atom. The van der Waals surface area contributed by atoms with E-state index in [1.165, 1.54) is 5.56 Å². The summed E-state index contributed by atoms with van der Waals surface area (Å²) >= 11 is 3.78. The van der Waals surface area contributed by atoms with Gasteiger partial charge in [0.2, 0.25) is 0 Å². The summed E-state index contributed by atoms with van der Waals surface area (Å²) in [6.07, 6.45) is 0.997. The molecule has 0 aromatic heterocycles. The van der Waals surface area contributed by atoms with Crippen LogP contribution >= 0.6 is 15.9 Å². The van der Waals surface area contributed by atoms with Gasteiger partial charge in [-0.2, -0.15) is 0 Å². The topological polar surface area (TPSA) is 18.5 Å². The molecular formula is C18H21BrO2. The molecule has 0 bridgehead atoms. The molecular weight excluding hydrogens is 328 g/mol. The molecule has 0 amide bonds. The van der Waals surface area contributed by atoms with Gasteiger partial charge in [-0.25, -0.2) is 0 Å². The maximum Gasteiger partial charge on any atom is 0.119 e. The first-order valence-corrected chi connectivity index (χ1v) is 8.08. The van der Waals surface area contributed by atoms with Crippen LogP contribution in [0.15, 0.2) is 54.6 Å². The molecule has 0 aliphatic rings. The molecule has 0 saturated heterocycles. The van der Waals surface area contributed by atoms with Crippen LogP contribution in [0.5, 0.6) is 11.5 Å². The summed E-state index contributed by atoms with van der Waals surface area (Å²) in [6, 6.07) is 18.2. The standard InChI is InChI=1S/C18H21BrO2/c1-14(18(19)15-6-4-3-5-7-15)12-13-21-17-10-8-16(20-2)9-11-17/h3-11,14,18H,12-13H2,1-2H3. The molecule has 0 spiro atoms. The molecule has 21 heavy (non-hydrogen) atoms. The Balaban J connectivity index is 1.79. The maximum absolute atomic E-state index is 5.79. The van der Waals surface area contributed by atoms with E-state index in [0.717, 1.165) is 17.9 Å². The minimum absolute atomic E-state index is 0.359. The largest absolute Gasteiger partial charge is 0.497 e. The lowest BCUT2D eigenvalue weighted by atomic mass is 9.98. The predicted octanol–water partition coefficient (Wildman–Crippen LogP) is 5.24. The number of hydrogen-bond donors (Lipinski definition) is 0. The highest BCUT2D eigenvalue weighted by Crippen LogP contribution is 2.32. The van der Waals surface area contributed by atoms with Crippen molar-refractivity contribution in [3.8, 4) is 11.5 Å². The van der Waals surface area contributed by atoms with Gasteiger partial charge in [-0.15, -0.1) is 0 Å². The Hall–Kier alpha value is -1.48. The van der Waals surface area contributed by atoms with Crippen molar-refractivity contribution in [1.82, 2.24) is 0 Å². The minimum Gasteiger partial charge on any atom is -0.497 e. The van der Waals surface area contributed by atoms with Crippen molar-refractivity contribution in [2.75, 3.05) is 13.7 Å². The first-order valence-electron chi connectivity index (χ1n) is 7.16. The number of ether oxygens (including phenoxy) is 2. The second-order valence-corrected chi connectivity index (χ2v) is 6.09. The first kappa shape index (κ1) is 15.9. The van der Waals surface area contributed by atoms with Gasteiger partial charge in [0, 0.05) is 4.83 Å². The molecule has 2 aromatic carbocycles. The third-order valence-electron chi connectivity index (χ3n) is 3.52. The number of rotatable bonds is 7. The normalized spacial score (nSPS) is 13.5. The van der Waals surface area contributed by atoms with Crippen LogP contribution in [0, 0.1) is 5.92 Å². The third-order valence-corrected chi connectivity index (χ3v) is 4.95. The van der Waals surface area contributed by atoms with Crippen molar-refractivity contribution >= 4 is 15.9 Å². The lowest BCUT2D eigenvalue weighted by Gasteiger charge is -2.19. The van der Waals surface area contributed by atoms with E-state index in [0.29, 0.717) is 17.4 Å². The minimum atomic E-state index is 0.359. The van der Waals surface area contributed by atoms with Gasteiger partial charge in [-0.3, -0.25) is 0 Å². The van der Waals surface area contributed by atoms with Gasteiger partial charge < -0.3 is 9.47 Å². The zero-order valence-electron chi connectivity index (χ0n) is 12.5. The lowest BCUT2D eigenvalue weighted by molar-refractivity contribution is 0.282. The van der Waals surface area contributed by atoms with Crippen LogP contribution in [-0.4, -0.2) is 13.7 Å². The Kier molecular flexibility index (Phi) is 6.12. The van der Waals surface area contributed by atoms with Crippen LogP contribution < -0.4 is 9.47 Å². The zero-order valence-corrected chi connectivity index (χ0v) is 14.0. The summed E-state index contributed by atoms with van der Waals surface area (Å²) in [4.78, 5) is 0.359. The number of halogens is 1. The van der Waals surface area contributed by atoms with E-state index in [4.69, 9.17) is 9.47 Å². The molecule has 0 fully saturated rings. The first-order chi connectivity index (χ1) is 10.2. The van der Waals surface area contributed by atoms with Gasteiger partial charge in [0.05, 0.1) is 13.7 Å². The monoisotopic (exact) mass is 348 g/mol. The summed E-state index contributed by atoms with van der Waals surface area (Å²) in [5, 5.41) is 0. The number of methoxy groups -OCH3 is 1. The molecule has 0 saturated carbocycles. The van der Waals surface area contributed by atoms with Crippen molar-refractivity contribution in [3.63, 3.8) is 0 Å². The quantitative estimate of drug-likeness (QED) is 0.637. The number of benzene rings is 2. The van der Waals surface area contributed by atoms with E-state index in [1.54, 1.807) is 7.11 Å². The highest BCUT2D eigenvalue weighted by molar-refractivity contribution is 9.09. The second kappa shape index (κ2) is 8.08. The van der Waals surface area contributed by atoms with Gasteiger partial charge in [0.1, 0.15) is 11.5 Å². The average Bonchev–Trinajstić information content (AvgIpc) is 2.55. The van der Waals surface area contributed by atoms with Gasteiger partial charge in [0.15, 0.2) is 0 Å². The van der Waals surface area contributed by atoms with Crippen molar-refractivity contribution in [1.29, 1.82) is 0 Å². The van der Waals surface area contributed by atoms with Gasteiger partial charge in [0.25, 0.3) is 0 Å². The fourth-order valence-electron chi connectivity index (χ4n) is 2.15. The van der Waals surface area contributed by atoms with Crippen LogP contribution in [0.4, 0.5) is 0 Å². The SMILES string of the molecule is COc1ccc(OCCC(C)C(Br)c2ccccc2)cc1. The van der Waals surface area contributed by atoms with E-state index < -0.39 is 0 Å². The molecule has 2 atom stereocenters. The molecule has 2 rings (SSSR count). The zero-order chi connectivity index (χ0) is 15.1. The fraction of sp³-hybridized carbons (Fsp3) is 0.333. The Bertz CT molecular complexity index is 525. The van der Waals surface area contributed by atoms with E-state index in [1.807, 2.05) is 30.3 Å². The van der Waals surface area contributed by atoms with E-state index in [9.17, 15) is 0 Å². The van der Waals surface area contributed by atoms with Gasteiger partial charge >= 0.3 is 0 Å². The smallest absolute Gasteiger partial charge is 0.119 e. The van der Waals surface area contributed by atoms with Crippen LogP contribution in [0.1, 0.15) is 23.7 Å². The molecule has 0 N–H and O–H groups in total. The summed E-state index contributed by atoms with van der Waals surface area (Å²) < 4.78 is 10.9. The lowest BCUT2D eigenvalue weighted by Crippen LogP contribution is -2.09. The Morgan fingerprint density at radius 2 is 1.57 bits per heavy atom. The highest BCUT2D eigenvalue weighted by Gasteiger charge is 2.15. The van der Waals surface area contributed by atoms with Crippen molar-refractivity contribution in [2.45, 2.75) is 18.2 Å². The molecule has 0 heterocycles. The molecule has 2 aromatic rings. The summed E-state index contributed by atoms with van der Waals surface area (Å²) in [5.41, 5.74) is 1.31. The molecule has 2 nitrogen and oxygen atoms in total. The van der Waals surface area contributed by atoms with Gasteiger partial charge in [-0.1, -0.05) is 53.2 Å². The maximum atomic E-state index is 5.79. The Morgan fingerprint density at radius 3 is 2.19 bits per heavy atom. The fourth-order valence-corrected chi connectivity index (χ4v) is 2.72. The molecule has 0 aliphatic carbocycles. The molecule has 112 valence electrons. The number of alkyl halides is 1. The third kappa shape index (κ3) is 4.78. The Labute approximate surface area is 135 Å². The molecule has 3 heteroatoms. The van der Waals surface area contributed by atoms with Gasteiger partial charge in [-0.05, 0) is 42.2 Å².